The van der Waals surface area contributed by atoms with Crippen molar-refractivity contribution in [3.05, 3.63) is 53.5 Å². The molecule has 10 heteroatoms. The van der Waals surface area contributed by atoms with Gasteiger partial charge in [0.1, 0.15) is 28.8 Å². The van der Waals surface area contributed by atoms with Gasteiger partial charge in [0.05, 0.1) is 23.1 Å². The normalized spacial score (nSPS) is 11.8. The Morgan fingerprint density at radius 1 is 1.27 bits per heavy atom. The lowest BCUT2D eigenvalue weighted by Crippen LogP contribution is -2.18. The van der Waals surface area contributed by atoms with Gasteiger partial charge in [0.2, 0.25) is 0 Å². The summed E-state index contributed by atoms with van der Waals surface area (Å²) >= 11 is -2.30. The molecule has 0 aliphatic heterocycles. The Hall–Kier alpha value is -3.13. The zero-order valence-corrected chi connectivity index (χ0v) is 17.3. The predicted molar refractivity (Wildman–Crippen MR) is 114 cm³/mol. The van der Waals surface area contributed by atoms with Gasteiger partial charge < -0.3 is 14.8 Å². The summed E-state index contributed by atoms with van der Waals surface area (Å²) in [7, 11) is 3.66. The van der Waals surface area contributed by atoms with E-state index in [1.165, 1.54) is 6.07 Å². The van der Waals surface area contributed by atoms with Crippen LogP contribution in [0.2, 0.25) is 0 Å². The fraction of sp³-hybridized carbons (Fsp3) is 0.250. The van der Waals surface area contributed by atoms with Crippen molar-refractivity contribution >= 4 is 39.5 Å². The summed E-state index contributed by atoms with van der Waals surface area (Å²) in [6.07, 6.45) is 2.76. The van der Waals surface area contributed by atoms with Crippen LogP contribution in [0.5, 0.6) is 0 Å². The molecule has 30 heavy (non-hydrogen) atoms. The Kier molecular flexibility index (Phi) is 6.89. The first kappa shape index (κ1) is 21.6. The SMILES string of the molecule is CN(C)c1cnc2ccc(Nc3cc(CCCNS(=O)[O-])ccc3F)c(C#N)c2n1. The topological polar surface area (TPSA) is 117 Å². The summed E-state index contributed by atoms with van der Waals surface area (Å²) in [6.45, 7) is 0.298. The molecule has 0 radical (unpaired) electrons. The van der Waals surface area contributed by atoms with Crippen molar-refractivity contribution in [2.24, 2.45) is 0 Å². The van der Waals surface area contributed by atoms with Crippen LogP contribution in [0.15, 0.2) is 36.5 Å². The van der Waals surface area contributed by atoms with Crippen molar-refractivity contribution in [1.29, 1.82) is 5.26 Å². The second kappa shape index (κ2) is 9.58. The number of halogens is 1. The Morgan fingerprint density at radius 3 is 2.77 bits per heavy atom. The summed E-state index contributed by atoms with van der Waals surface area (Å²) in [4.78, 5) is 10.6. The van der Waals surface area contributed by atoms with Crippen molar-refractivity contribution < 1.29 is 13.2 Å². The number of aryl methyl sites for hydroxylation is 1. The molecule has 1 atom stereocenters. The minimum atomic E-state index is -2.30. The molecule has 1 aromatic heterocycles. The largest absolute Gasteiger partial charge is 0.760 e. The van der Waals surface area contributed by atoms with E-state index < -0.39 is 17.1 Å². The fourth-order valence-electron chi connectivity index (χ4n) is 2.92. The summed E-state index contributed by atoms with van der Waals surface area (Å²) < 4.78 is 37.7. The molecule has 8 nitrogen and oxygen atoms in total. The third-order valence-corrected chi connectivity index (χ3v) is 4.87. The third kappa shape index (κ3) is 5.07. The molecule has 0 aliphatic carbocycles. The molecule has 0 saturated heterocycles. The second-order valence-corrected chi connectivity index (χ2v) is 7.52. The van der Waals surface area contributed by atoms with Gasteiger partial charge in [0.25, 0.3) is 0 Å². The molecule has 0 saturated carbocycles. The predicted octanol–water partition coefficient (Wildman–Crippen LogP) is 2.77. The zero-order valence-electron chi connectivity index (χ0n) is 16.5. The van der Waals surface area contributed by atoms with Crippen LogP contribution in [-0.2, 0) is 17.7 Å². The van der Waals surface area contributed by atoms with Crippen LogP contribution in [-0.4, -0.2) is 39.4 Å². The van der Waals surface area contributed by atoms with Gasteiger partial charge in [-0.2, -0.15) is 5.26 Å². The highest BCUT2D eigenvalue weighted by molar-refractivity contribution is 7.77. The number of nitrogens with one attached hydrogen (secondary N) is 2. The van der Waals surface area contributed by atoms with Gasteiger partial charge in [0.15, 0.2) is 0 Å². The number of hydrogen-bond donors (Lipinski definition) is 2. The molecule has 1 unspecified atom stereocenters. The highest BCUT2D eigenvalue weighted by atomic mass is 32.2. The first-order valence-corrected chi connectivity index (χ1v) is 10.2. The lowest BCUT2D eigenvalue weighted by Gasteiger charge is -2.14. The van der Waals surface area contributed by atoms with Gasteiger partial charge in [0, 0.05) is 31.9 Å². The van der Waals surface area contributed by atoms with Crippen molar-refractivity contribution in [1.82, 2.24) is 14.7 Å². The average Bonchev–Trinajstić information content (AvgIpc) is 2.72. The number of aromatic nitrogens is 2. The molecule has 3 aromatic rings. The van der Waals surface area contributed by atoms with Crippen LogP contribution in [0.25, 0.3) is 11.0 Å². The van der Waals surface area contributed by atoms with E-state index in [1.54, 1.807) is 35.4 Å². The molecule has 0 fully saturated rings. The third-order valence-electron chi connectivity index (χ3n) is 4.43. The molecule has 156 valence electrons. The number of nitrogens with zero attached hydrogens (tertiary/aromatic N) is 4. The maximum absolute atomic E-state index is 14.4. The van der Waals surface area contributed by atoms with Crippen molar-refractivity contribution in [2.45, 2.75) is 12.8 Å². The maximum atomic E-state index is 14.4. The van der Waals surface area contributed by atoms with Gasteiger partial charge in [-0.15, -0.1) is 0 Å². The Bertz CT molecular complexity index is 1130. The maximum Gasteiger partial charge on any atom is 0.147 e. The minimum absolute atomic E-state index is 0.223. The number of rotatable bonds is 8. The highest BCUT2D eigenvalue weighted by Gasteiger charge is 2.13. The standard InChI is InChI=1S/C20H21FN6O2S/c1-27(2)19-12-23-17-8-7-16(14(11-22)20(17)26-19)25-18-10-13(5-6-15(18)21)4-3-9-24-30(28)29/h5-8,10,12,24-25H,3-4,9H2,1-2H3,(H,28,29)/p-1. The van der Waals surface area contributed by atoms with E-state index >= 15 is 0 Å². The molecule has 3 rings (SSSR count). The van der Waals surface area contributed by atoms with Crippen molar-refractivity contribution in [2.75, 3.05) is 30.9 Å². The van der Waals surface area contributed by atoms with Crippen LogP contribution in [0.3, 0.4) is 0 Å². The summed E-state index contributed by atoms with van der Waals surface area (Å²) in [5.41, 5.74) is 2.76. The molecule has 0 bridgehead atoms. The van der Waals surface area contributed by atoms with Crippen LogP contribution in [0.4, 0.5) is 21.6 Å². The van der Waals surface area contributed by atoms with E-state index in [-0.39, 0.29) is 11.3 Å². The minimum Gasteiger partial charge on any atom is -0.760 e. The fourth-order valence-corrected chi connectivity index (χ4v) is 3.23. The van der Waals surface area contributed by atoms with Gasteiger partial charge >= 0.3 is 0 Å². The Labute approximate surface area is 176 Å². The quantitative estimate of drug-likeness (QED) is 0.419. The van der Waals surface area contributed by atoms with Crippen molar-refractivity contribution in [3.63, 3.8) is 0 Å². The van der Waals surface area contributed by atoms with E-state index in [0.717, 1.165) is 5.56 Å². The molecular weight excluding hydrogens is 407 g/mol. The van der Waals surface area contributed by atoms with E-state index in [0.29, 0.717) is 41.9 Å². The van der Waals surface area contributed by atoms with Gasteiger partial charge in [-0.25, -0.2) is 14.1 Å². The lowest BCUT2D eigenvalue weighted by molar-refractivity contribution is 0.521. The molecule has 0 aliphatic rings. The first-order chi connectivity index (χ1) is 14.4. The summed E-state index contributed by atoms with van der Waals surface area (Å²) in [6, 6.07) is 10.2. The number of fused-ring (bicyclic) bond motifs is 1. The van der Waals surface area contributed by atoms with E-state index in [1.807, 2.05) is 14.1 Å². The molecule has 2 N–H and O–H groups in total. The number of hydrogen-bond acceptors (Lipinski definition) is 7. The molecular formula is C20H20FN6O2S-. The Balaban J connectivity index is 1.89. The van der Waals surface area contributed by atoms with E-state index in [4.69, 9.17) is 0 Å². The average molecular weight is 427 g/mol. The zero-order chi connectivity index (χ0) is 21.7. The molecule has 0 spiro atoms. The molecule has 1 heterocycles. The van der Waals surface area contributed by atoms with Gasteiger partial charge in [-0.1, -0.05) is 6.07 Å². The van der Waals surface area contributed by atoms with Gasteiger partial charge in [-0.3, -0.25) is 9.19 Å². The molecule has 2 aromatic carbocycles. The lowest BCUT2D eigenvalue weighted by atomic mass is 10.1. The van der Waals surface area contributed by atoms with Crippen LogP contribution >= 0.6 is 0 Å². The first-order valence-electron chi connectivity index (χ1n) is 9.14. The summed E-state index contributed by atoms with van der Waals surface area (Å²) in [5, 5.41) is 12.7. The van der Waals surface area contributed by atoms with E-state index in [9.17, 15) is 18.4 Å². The highest BCUT2D eigenvalue weighted by Crippen LogP contribution is 2.29. The number of anilines is 3. The Morgan fingerprint density at radius 2 is 2.07 bits per heavy atom. The van der Waals surface area contributed by atoms with Crippen molar-refractivity contribution in [3.8, 4) is 6.07 Å². The second-order valence-electron chi connectivity index (χ2n) is 6.76. The molecule has 0 amide bonds. The monoisotopic (exact) mass is 427 g/mol. The van der Waals surface area contributed by atoms with E-state index in [2.05, 4.69) is 26.1 Å². The number of nitriles is 1. The number of benzene rings is 2. The summed E-state index contributed by atoms with van der Waals surface area (Å²) in [5.74, 6) is 0.145. The smallest absolute Gasteiger partial charge is 0.147 e. The van der Waals surface area contributed by atoms with Gasteiger partial charge in [-0.05, 0) is 42.7 Å². The van der Waals surface area contributed by atoms with Crippen LogP contribution in [0.1, 0.15) is 17.5 Å². The van der Waals surface area contributed by atoms with Crippen LogP contribution < -0.4 is 14.9 Å². The van der Waals surface area contributed by atoms with Crippen LogP contribution in [0, 0.1) is 17.1 Å².